The second-order valence-electron chi connectivity index (χ2n) is 6.81. The van der Waals surface area contributed by atoms with Crippen LogP contribution in [0.2, 0.25) is 0 Å². The maximum atomic E-state index is 12.7. The first-order chi connectivity index (χ1) is 14.2. The van der Waals surface area contributed by atoms with Gasteiger partial charge < -0.3 is 10.1 Å². The van der Waals surface area contributed by atoms with Crippen LogP contribution in [-0.2, 0) is 24.2 Å². The Bertz CT molecular complexity index is 1000. The molecule has 4 rings (SSSR count). The molecule has 0 atom stereocenters. The molecule has 1 aromatic carbocycles. The number of nitrogens with one attached hydrogen (secondary N) is 1. The molecule has 1 N–H and O–H groups in total. The van der Waals surface area contributed by atoms with Crippen LogP contribution in [0.1, 0.15) is 43.0 Å². The summed E-state index contributed by atoms with van der Waals surface area (Å²) in [6.07, 6.45) is 0.766. The first-order valence-electron chi connectivity index (χ1n) is 9.58. The Morgan fingerprint density at radius 3 is 2.67 bits per heavy atom. The zero-order chi connectivity index (χ0) is 20.2. The molecule has 5 nitrogen and oxygen atoms in total. The van der Waals surface area contributed by atoms with Crippen molar-refractivity contribution >= 4 is 52.0 Å². The standard InChI is InChI=1S/C22H22N2O3S2.ClH/c1-2-27-22(26)19-16-10-11-24(13-15-7-4-3-5-8-15)14-18(16)29-21(19)23-20(25)17-9-6-12-28-17;/h3-9,12H,2,10-11,13-14H2,1H3,(H,23,25);1H. The van der Waals surface area contributed by atoms with E-state index < -0.39 is 0 Å². The van der Waals surface area contributed by atoms with Gasteiger partial charge in [0.05, 0.1) is 17.0 Å². The van der Waals surface area contributed by atoms with Crippen LogP contribution in [-0.4, -0.2) is 29.9 Å². The SMILES string of the molecule is CCOC(=O)c1c(NC(=O)c2cccs2)sc2c1CCN(Cc1ccccc1)C2.Cl. The molecule has 0 saturated carbocycles. The van der Waals surface area contributed by atoms with E-state index in [1.165, 1.54) is 28.2 Å². The average molecular weight is 463 g/mol. The minimum Gasteiger partial charge on any atom is -0.462 e. The summed E-state index contributed by atoms with van der Waals surface area (Å²) in [4.78, 5) is 29.3. The zero-order valence-corrected chi connectivity index (χ0v) is 19.0. The molecule has 30 heavy (non-hydrogen) atoms. The summed E-state index contributed by atoms with van der Waals surface area (Å²) in [5.41, 5.74) is 2.81. The molecular formula is C22H23ClN2O3S2. The van der Waals surface area contributed by atoms with E-state index in [9.17, 15) is 9.59 Å². The highest BCUT2D eigenvalue weighted by molar-refractivity contribution is 7.17. The number of carbonyl (C=O) groups excluding carboxylic acids is 2. The van der Waals surface area contributed by atoms with Gasteiger partial charge in [0.2, 0.25) is 0 Å². The second kappa shape index (κ2) is 10.2. The first-order valence-corrected chi connectivity index (χ1v) is 11.3. The molecule has 0 unspecified atom stereocenters. The fourth-order valence-electron chi connectivity index (χ4n) is 3.51. The number of benzene rings is 1. The van der Waals surface area contributed by atoms with Gasteiger partial charge in [-0.1, -0.05) is 36.4 Å². The predicted molar refractivity (Wildman–Crippen MR) is 124 cm³/mol. The number of thiophene rings is 2. The lowest BCUT2D eigenvalue weighted by Gasteiger charge is -2.27. The van der Waals surface area contributed by atoms with Crippen LogP contribution in [0.15, 0.2) is 47.8 Å². The second-order valence-corrected chi connectivity index (χ2v) is 8.86. The summed E-state index contributed by atoms with van der Waals surface area (Å²) in [5, 5.41) is 5.40. The number of halogens is 1. The molecule has 3 heterocycles. The number of hydrogen-bond acceptors (Lipinski definition) is 6. The molecule has 0 radical (unpaired) electrons. The summed E-state index contributed by atoms with van der Waals surface area (Å²) in [6.45, 7) is 4.59. The van der Waals surface area contributed by atoms with E-state index in [0.717, 1.165) is 36.5 Å². The van der Waals surface area contributed by atoms with Gasteiger partial charge in [0.25, 0.3) is 5.91 Å². The van der Waals surface area contributed by atoms with Crippen molar-refractivity contribution in [2.45, 2.75) is 26.4 Å². The predicted octanol–water partition coefficient (Wildman–Crippen LogP) is 5.22. The van der Waals surface area contributed by atoms with E-state index in [0.29, 0.717) is 22.0 Å². The largest absolute Gasteiger partial charge is 0.462 e. The van der Waals surface area contributed by atoms with Crippen molar-refractivity contribution in [3.63, 3.8) is 0 Å². The van der Waals surface area contributed by atoms with Crippen LogP contribution in [0, 0.1) is 0 Å². The van der Waals surface area contributed by atoms with Crippen molar-refractivity contribution in [3.05, 3.63) is 74.3 Å². The van der Waals surface area contributed by atoms with E-state index in [1.54, 1.807) is 13.0 Å². The third kappa shape index (κ3) is 4.92. The van der Waals surface area contributed by atoms with Gasteiger partial charge in [-0.25, -0.2) is 4.79 Å². The van der Waals surface area contributed by atoms with Crippen LogP contribution in [0.5, 0.6) is 0 Å². The topological polar surface area (TPSA) is 58.6 Å². The van der Waals surface area contributed by atoms with E-state index in [1.807, 2.05) is 29.6 Å². The van der Waals surface area contributed by atoms with Crippen molar-refractivity contribution in [2.75, 3.05) is 18.5 Å². The maximum Gasteiger partial charge on any atom is 0.341 e. The third-order valence-electron chi connectivity index (χ3n) is 4.84. The van der Waals surface area contributed by atoms with Crippen molar-refractivity contribution in [2.24, 2.45) is 0 Å². The molecular weight excluding hydrogens is 440 g/mol. The van der Waals surface area contributed by atoms with E-state index in [4.69, 9.17) is 4.74 Å². The molecule has 8 heteroatoms. The molecule has 0 fully saturated rings. The molecule has 1 aliphatic heterocycles. The lowest BCUT2D eigenvalue weighted by atomic mass is 10.0. The van der Waals surface area contributed by atoms with Crippen molar-refractivity contribution in [1.82, 2.24) is 4.90 Å². The minimum absolute atomic E-state index is 0. The van der Waals surface area contributed by atoms with Gasteiger partial charge in [-0.15, -0.1) is 35.1 Å². The number of ether oxygens (including phenoxy) is 1. The molecule has 158 valence electrons. The number of esters is 1. The van der Waals surface area contributed by atoms with Crippen LogP contribution in [0.25, 0.3) is 0 Å². The summed E-state index contributed by atoms with van der Waals surface area (Å²) >= 11 is 2.87. The average Bonchev–Trinajstić information content (AvgIpc) is 3.36. The lowest BCUT2D eigenvalue weighted by Crippen LogP contribution is -2.29. The van der Waals surface area contributed by atoms with Crippen molar-refractivity contribution < 1.29 is 14.3 Å². The number of nitrogens with zero attached hydrogens (tertiary/aromatic N) is 1. The lowest BCUT2D eigenvalue weighted by molar-refractivity contribution is 0.0526. The molecule has 0 spiro atoms. The highest BCUT2D eigenvalue weighted by atomic mass is 35.5. The molecule has 2 aromatic heterocycles. The Kier molecular flexibility index (Phi) is 7.66. The van der Waals surface area contributed by atoms with Gasteiger partial charge >= 0.3 is 5.97 Å². The molecule has 0 aliphatic carbocycles. The third-order valence-corrected chi connectivity index (χ3v) is 6.84. The van der Waals surface area contributed by atoms with Gasteiger partial charge in [-0.2, -0.15) is 0 Å². The highest BCUT2D eigenvalue weighted by Crippen LogP contribution is 2.38. The van der Waals surface area contributed by atoms with E-state index in [-0.39, 0.29) is 24.3 Å². The Balaban J connectivity index is 0.00000256. The van der Waals surface area contributed by atoms with E-state index >= 15 is 0 Å². The van der Waals surface area contributed by atoms with Crippen LogP contribution >= 0.6 is 35.1 Å². The van der Waals surface area contributed by atoms with Crippen molar-refractivity contribution in [3.8, 4) is 0 Å². The van der Waals surface area contributed by atoms with Gasteiger partial charge in [0, 0.05) is 24.5 Å². The van der Waals surface area contributed by atoms with Crippen LogP contribution in [0.3, 0.4) is 0 Å². The van der Waals surface area contributed by atoms with Gasteiger partial charge in [-0.3, -0.25) is 9.69 Å². The van der Waals surface area contributed by atoms with E-state index in [2.05, 4.69) is 22.3 Å². The normalized spacial score (nSPS) is 13.2. The monoisotopic (exact) mass is 462 g/mol. The fourth-order valence-corrected chi connectivity index (χ4v) is 5.40. The Morgan fingerprint density at radius 1 is 1.17 bits per heavy atom. The zero-order valence-electron chi connectivity index (χ0n) is 16.6. The summed E-state index contributed by atoms with van der Waals surface area (Å²) in [5.74, 6) is -0.548. The number of anilines is 1. The summed E-state index contributed by atoms with van der Waals surface area (Å²) in [6, 6.07) is 14.0. The quantitative estimate of drug-likeness (QED) is 0.510. The first kappa shape index (κ1) is 22.5. The van der Waals surface area contributed by atoms with Crippen LogP contribution in [0.4, 0.5) is 5.00 Å². The Hall–Kier alpha value is -2.19. The smallest absolute Gasteiger partial charge is 0.341 e. The molecule has 0 saturated heterocycles. The highest BCUT2D eigenvalue weighted by Gasteiger charge is 2.29. The van der Waals surface area contributed by atoms with Gasteiger partial charge in [0.1, 0.15) is 5.00 Å². The number of carbonyl (C=O) groups is 2. The summed E-state index contributed by atoms with van der Waals surface area (Å²) < 4.78 is 5.29. The minimum atomic E-state index is -0.358. The fraction of sp³-hybridized carbons (Fsp3) is 0.273. The Labute approximate surface area is 190 Å². The number of amides is 1. The molecule has 0 bridgehead atoms. The molecule has 3 aromatic rings. The van der Waals surface area contributed by atoms with Crippen LogP contribution < -0.4 is 5.32 Å². The summed E-state index contributed by atoms with van der Waals surface area (Å²) in [7, 11) is 0. The maximum absolute atomic E-state index is 12.7. The van der Waals surface area contributed by atoms with Gasteiger partial charge in [-0.05, 0) is 35.9 Å². The Morgan fingerprint density at radius 2 is 1.97 bits per heavy atom. The van der Waals surface area contributed by atoms with Crippen molar-refractivity contribution in [1.29, 1.82) is 0 Å². The molecule has 1 aliphatic rings. The number of fused-ring (bicyclic) bond motifs is 1. The number of rotatable bonds is 6. The molecule has 1 amide bonds. The van der Waals surface area contributed by atoms with Gasteiger partial charge in [0.15, 0.2) is 0 Å². The number of hydrogen-bond donors (Lipinski definition) is 1.